The topological polar surface area (TPSA) is 63.6 Å². The Hall–Kier alpha value is -0.950. The monoisotopic (exact) mass is 307 g/mol. The van der Waals surface area contributed by atoms with Gasteiger partial charge in [-0.25, -0.2) is 9.78 Å². The first-order valence-electron chi connectivity index (χ1n) is 4.53. The van der Waals surface area contributed by atoms with Crippen LogP contribution in [-0.2, 0) is 4.74 Å². The fraction of sp³-hybridized carbons (Fsp3) is 0.444. The van der Waals surface area contributed by atoms with Crippen LogP contribution in [0, 0.1) is 0 Å². The molecule has 1 heterocycles. The van der Waals surface area contributed by atoms with Crippen LogP contribution >= 0.6 is 28.3 Å². The smallest absolute Gasteiger partial charge is 0.357 e. The third-order valence-electron chi connectivity index (χ3n) is 1.36. The van der Waals surface area contributed by atoms with E-state index in [9.17, 15) is 4.79 Å². The van der Waals surface area contributed by atoms with Crippen LogP contribution in [0.3, 0.4) is 0 Å². The highest BCUT2D eigenvalue weighted by Gasteiger charge is 2.10. The minimum atomic E-state index is -0.404. The Bertz CT molecular complexity index is 375. The molecule has 0 aliphatic heterocycles. The molecule has 90 valence electrons. The number of nitrogens with zero attached hydrogens (tertiary/aromatic N) is 2. The summed E-state index contributed by atoms with van der Waals surface area (Å²) in [4.78, 5) is 15.3. The van der Waals surface area contributed by atoms with E-state index in [1.807, 2.05) is 13.8 Å². The minimum Gasteiger partial charge on any atom is -0.461 e. The Morgan fingerprint density at radius 2 is 2.31 bits per heavy atom. The van der Waals surface area contributed by atoms with Crippen molar-refractivity contribution in [1.29, 1.82) is 0 Å². The van der Waals surface area contributed by atoms with Gasteiger partial charge < -0.3 is 4.74 Å². The third-order valence-corrected chi connectivity index (χ3v) is 2.11. The van der Waals surface area contributed by atoms with Crippen molar-refractivity contribution in [2.45, 2.75) is 20.8 Å². The zero-order valence-corrected chi connectivity index (χ0v) is 11.8. The second-order valence-electron chi connectivity index (χ2n) is 2.93. The van der Waals surface area contributed by atoms with Crippen LogP contribution < -0.4 is 5.43 Å². The van der Waals surface area contributed by atoms with E-state index in [4.69, 9.17) is 4.74 Å². The maximum atomic E-state index is 11.3. The maximum absolute atomic E-state index is 11.3. The van der Waals surface area contributed by atoms with Gasteiger partial charge in [-0.05, 0) is 20.8 Å². The Balaban J connectivity index is 0.00000225. The zero-order valence-electron chi connectivity index (χ0n) is 9.31. The highest BCUT2D eigenvalue weighted by atomic mass is 79.9. The molecular formula is C9H14BrN3O2S. The molecule has 0 aromatic carbocycles. The van der Waals surface area contributed by atoms with Gasteiger partial charge in [0.2, 0.25) is 5.13 Å². The molecule has 7 heteroatoms. The summed E-state index contributed by atoms with van der Waals surface area (Å²) in [6, 6.07) is 0. The summed E-state index contributed by atoms with van der Waals surface area (Å²) in [5, 5.41) is 6.20. The fourth-order valence-corrected chi connectivity index (χ4v) is 1.41. The molecule has 0 saturated carbocycles. The summed E-state index contributed by atoms with van der Waals surface area (Å²) < 4.78 is 4.81. The van der Waals surface area contributed by atoms with Gasteiger partial charge in [-0.1, -0.05) is 0 Å². The Kier molecular flexibility index (Phi) is 6.91. The molecular weight excluding hydrogens is 294 g/mol. The van der Waals surface area contributed by atoms with Crippen LogP contribution in [0.25, 0.3) is 0 Å². The summed E-state index contributed by atoms with van der Waals surface area (Å²) in [6.45, 7) is 5.85. The van der Waals surface area contributed by atoms with Gasteiger partial charge in [-0.15, -0.1) is 28.3 Å². The van der Waals surface area contributed by atoms with Crippen LogP contribution in [0.4, 0.5) is 5.13 Å². The second kappa shape index (κ2) is 7.34. The summed E-state index contributed by atoms with van der Waals surface area (Å²) in [6.07, 6.45) is 0. The zero-order chi connectivity index (χ0) is 11.3. The first kappa shape index (κ1) is 15.0. The highest BCUT2D eigenvalue weighted by molar-refractivity contribution is 8.93. The van der Waals surface area contributed by atoms with Gasteiger partial charge >= 0.3 is 5.97 Å². The number of thiazole rings is 1. The summed E-state index contributed by atoms with van der Waals surface area (Å²) >= 11 is 1.32. The molecule has 1 N–H and O–H groups in total. The molecule has 0 aliphatic carbocycles. The van der Waals surface area contributed by atoms with Crippen molar-refractivity contribution in [1.82, 2.24) is 4.98 Å². The largest absolute Gasteiger partial charge is 0.461 e. The first-order chi connectivity index (χ1) is 7.13. The number of carbonyl (C=O) groups excluding carboxylic acids is 1. The van der Waals surface area contributed by atoms with Crippen molar-refractivity contribution in [2.24, 2.45) is 5.10 Å². The number of aromatic nitrogens is 1. The molecule has 0 amide bonds. The number of esters is 1. The molecule has 0 unspecified atom stereocenters. The lowest BCUT2D eigenvalue weighted by atomic mass is 10.5. The number of ether oxygens (including phenoxy) is 1. The number of anilines is 1. The lowest BCUT2D eigenvalue weighted by Crippen LogP contribution is -2.05. The second-order valence-corrected chi connectivity index (χ2v) is 3.79. The Morgan fingerprint density at radius 1 is 1.62 bits per heavy atom. The van der Waals surface area contributed by atoms with Crippen molar-refractivity contribution in [3.63, 3.8) is 0 Å². The number of rotatable bonds is 4. The molecule has 1 aromatic heterocycles. The molecule has 1 aromatic rings. The number of hydrogen-bond donors (Lipinski definition) is 1. The van der Waals surface area contributed by atoms with E-state index in [0.29, 0.717) is 17.4 Å². The molecule has 5 nitrogen and oxygen atoms in total. The van der Waals surface area contributed by atoms with Crippen LogP contribution in [0.2, 0.25) is 0 Å². The van der Waals surface area contributed by atoms with Gasteiger partial charge in [0.1, 0.15) is 0 Å². The van der Waals surface area contributed by atoms with Crippen molar-refractivity contribution >= 4 is 45.1 Å². The van der Waals surface area contributed by atoms with E-state index in [-0.39, 0.29) is 17.0 Å². The van der Waals surface area contributed by atoms with Crippen molar-refractivity contribution < 1.29 is 9.53 Å². The van der Waals surface area contributed by atoms with Gasteiger partial charge in [-0.3, -0.25) is 5.43 Å². The number of nitrogens with one attached hydrogen (secondary N) is 1. The van der Waals surface area contributed by atoms with E-state index in [0.717, 1.165) is 5.71 Å². The number of hydrazone groups is 1. The number of hydrogen-bond acceptors (Lipinski definition) is 6. The minimum absolute atomic E-state index is 0. The molecule has 1 rings (SSSR count). The van der Waals surface area contributed by atoms with E-state index < -0.39 is 5.97 Å². The van der Waals surface area contributed by atoms with E-state index >= 15 is 0 Å². The van der Waals surface area contributed by atoms with E-state index in [1.165, 1.54) is 11.3 Å². The van der Waals surface area contributed by atoms with Gasteiger partial charge in [-0.2, -0.15) is 5.10 Å². The van der Waals surface area contributed by atoms with Crippen LogP contribution in [-0.4, -0.2) is 23.3 Å². The van der Waals surface area contributed by atoms with Crippen molar-refractivity contribution in [2.75, 3.05) is 12.0 Å². The van der Waals surface area contributed by atoms with Gasteiger partial charge in [0.25, 0.3) is 0 Å². The standard InChI is InChI=1S/C9H13N3O2S.BrH/c1-4-14-8(13)7-5-15-9(10-7)12-11-6(2)3;/h5H,4H2,1-3H3,(H,10,12);1H. The summed E-state index contributed by atoms with van der Waals surface area (Å²) in [7, 11) is 0. The van der Waals surface area contributed by atoms with Gasteiger partial charge in [0, 0.05) is 11.1 Å². The fourth-order valence-electron chi connectivity index (χ4n) is 0.784. The normalized spacial score (nSPS) is 8.94. The van der Waals surface area contributed by atoms with Crippen molar-refractivity contribution in [3.8, 4) is 0 Å². The van der Waals surface area contributed by atoms with Crippen molar-refractivity contribution in [3.05, 3.63) is 11.1 Å². The molecule has 0 aliphatic rings. The molecule has 0 radical (unpaired) electrons. The average Bonchev–Trinajstić information content (AvgIpc) is 2.63. The van der Waals surface area contributed by atoms with Crippen LogP contribution in [0.15, 0.2) is 10.5 Å². The molecule has 0 bridgehead atoms. The lowest BCUT2D eigenvalue weighted by molar-refractivity contribution is 0.0520. The predicted molar refractivity (Wildman–Crippen MR) is 70.8 cm³/mol. The first-order valence-corrected chi connectivity index (χ1v) is 5.41. The maximum Gasteiger partial charge on any atom is 0.357 e. The molecule has 0 spiro atoms. The number of halogens is 1. The van der Waals surface area contributed by atoms with E-state index in [2.05, 4.69) is 15.5 Å². The van der Waals surface area contributed by atoms with Crippen LogP contribution in [0.1, 0.15) is 31.3 Å². The highest BCUT2D eigenvalue weighted by Crippen LogP contribution is 2.15. The van der Waals surface area contributed by atoms with Crippen LogP contribution in [0.5, 0.6) is 0 Å². The summed E-state index contributed by atoms with van der Waals surface area (Å²) in [5.74, 6) is -0.404. The predicted octanol–water partition coefficient (Wildman–Crippen LogP) is 2.71. The number of carbonyl (C=O) groups is 1. The van der Waals surface area contributed by atoms with Gasteiger partial charge in [0.05, 0.1) is 6.61 Å². The molecule has 16 heavy (non-hydrogen) atoms. The van der Waals surface area contributed by atoms with E-state index in [1.54, 1.807) is 12.3 Å². The average molecular weight is 308 g/mol. The molecule has 0 atom stereocenters. The SMILES string of the molecule is Br.CCOC(=O)c1csc(NN=C(C)C)n1. The third kappa shape index (κ3) is 4.71. The lowest BCUT2D eigenvalue weighted by Gasteiger charge is -1.96. The summed E-state index contributed by atoms with van der Waals surface area (Å²) in [5.41, 5.74) is 3.95. The Labute approximate surface area is 109 Å². The van der Waals surface area contributed by atoms with Gasteiger partial charge in [0.15, 0.2) is 5.69 Å². The Morgan fingerprint density at radius 3 is 2.88 bits per heavy atom. The molecule has 0 saturated heterocycles. The molecule has 0 fully saturated rings. The quantitative estimate of drug-likeness (QED) is 0.528.